The van der Waals surface area contributed by atoms with E-state index in [0.29, 0.717) is 5.69 Å². The highest BCUT2D eigenvalue weighted by atomic mass is 32.2. The van der Waals surface area contributed by atoms with Gasteiger partial charge in [-0.25, -0.2) is 4.39 Å². The summed E-state index contributed by atoms with van der Waals surface area (Å²) in [4.78, 5) is 23.5. The van der Waals surface area contributed by atoms with Crippen molar-refractivity contribution in [3.8, 4) is 5.75 Å². The van der Waals surface area contributed by atoms with Crippen molar-refractivity contribution in [1.29, 1.82) is 0 Å². The Bertz CT molecular complexity index is 752. The van der Waals surface area contributed by atoms with Crippen molar-refractivity contribution < 1.29 is 19.1 Å². The fourth-order valence-corrected chi connectivity index (χ4v) is 2.54. The van der Waals surface area contributed by atoms with Crippen molar-refractivity contribution >= 4 is 35.0 Å². The van der Waals surface area contributed by atoms with Gasteiger partial charge in [0, 0.05) is 0 Å². The standard InChI is InChI=1S/C17H17FN2O3S/c1-11-6-7-14(15(21)8-11)20-17(23)10-24-9-16(22)19-13-5-3-2-4-12(13)18/h2-8,21H,9-10H2,1H3,(H,19,22)(H,20,23). The van der Waals surface area contributed by atoms with Crippen molar-refractivity contribution in [2.45, 2.75) is 6.92 Å². The van der Waals surface area contributed by atoms with Gasteiger partial charge >= 0.3 is 0 Å². The van der Waals surface area contributed by atoms with E-state index < -0.39 is 11.7 Å². The topological polar surface area (TPSA) is 78.4 Å². The van der Waals surface area contributed by atoms with Crippen LogP contribution in [0.3, 0.4) is 0 Å². The molecule has 0 heterocycles. The van der Waals surface area contributed by atoms with E-state index >= 15 is 0 Å². The smallest absolute Gasteiger partial charge is 0.234 e. The number of phenolic OH excluding ortho intramolecular Hbond substituents is 1. The normalized spacial score (nSPS) is 10.2. The number of rotatable bonds is 6. The number of hydrogen-bond acceptors (Lipinski definition) is 4. The molecule has 2 aromatic rings. The van der Waals surface area contributed by atoms with Crippen LogP contribution in [-0.4, -0.2) is 28.4 Å². The summed E-state index contributed by atoms with van der Waals surface area (Å²) >= 11 is 1.09. The van der Waals surface area contributed by atoms with E-state index in [4.69, 9.17) is 0 Å². The lowest BCUT2D eigenvalue weighted by atomic mass is 10.2. The SMILES string of the molecule is Cc1ccc(NC(=O)CSCC(=O)Nc2ccccc2F)c(O)c1. The van der Waals surface area contributed by atoms with Crippen molar-refractivity contribution in [3.63, 3.8) is 0 Å². The van der Waals surface area contributed by atoms with Crippen LogP contribution >= 0.6 is 11.8 Å². The van der Waals surface area contributed by atoms with Gasteiger partial charge in [0.05, 0.1) is 22.9 Å². The molecule has 2 amide bonds. The summed E-state index contributed by atoms with van der Waals surface area (Å²) in [6.07, 6.45) is 0. The molecule has 3 N–H and O–H groups in total. The summed E-state index contributed by atoms with van der Waals surface area (Å²) in [6, 6.07) is 10.8. The van der Waals surface area contributed by atoms with Gasteiger partial charge in [-0.2, -0.15) is 0 Å². The lowest BCUT2D eigenvalue weighted by Crippen LogP contribution is -2.19. The first kappa shape index (κ1) is 17.8. The van der Waals surface area contributed by atoms with Crippen LogP contribution in [0.5, 0.6) is 5.75 Å². The molecule has 0 unspecified atom stereocenters. The lowest BCUT2D eigenvalue weighted by molar-refractivity contribution is -0.114. The van der Waals surface area contributed by atoms with E-state index in [9.17, 15) is 19.1 Å². The van der Waals surface area contributed by atoms with E-state index in [0.717, 1.165) is 17.3 Å². The average molecular weight is 348 g/mol. The summed E-state index contributed by atoms with van der Waals surface area (Å²) in [5.74, 6) is -1.19. The summed E-state index contributed by atoms with van der Waals surface area (Å²) in [7, 11) is 0. The van der Waals surface area contributed by atoms with Gasteiger partial charge in [-0.05, 0) is 36.8 Å². The molecule has 5 nitrogen and oxygen atoms in total. The number of phenols is 1. The number of carbonyl (C=O) groups is 2. The molecule has 0 radical (unpaired) electrons. The highest BCUT2D eigenvalue weighted by Gasteiger charge is 2.10. The van der Waals surface area contributed by atoms with Gasteiger partial charge in [0.25, 0.3) is 0 Å². The molecule has 0 aliphatic carbocycles. The summed E-state index contributed by atoms with van der Waals surface area (Å²) < 4.78 is 13.4. The maximum Gasteiger partial charge on any atom is 0.234 e. The summed E-state index contributed by atoms with van der Waals surface area (Å²) in [5.41, 5.74) is 1.31. The van der Waals surface area contributed by atoms with Crippen LogP contribution in [0.4, 0.5) is 15.8 Å². The number of aromatic hydroxyl groups is 1. The number of nitrogens with one attached hydrogen (secondary N) is 2. The first-order valence-corrected chi connectivity index (χ1v) is 8.33. The molecule has 0 saturated carbocycles. The second kappa shape index (κ2) is 8.35. The number of carbonyl (C=O) groups excluding carboxylic acids is 2. The molecule has 0 aliphatic rings. The number of anilines is 2. The zero-order valence-electron chi connectivity index (χ0n) is 13.0. The van der Waals surface area contributed by atoms with E-state index in [-0.39, 0.29) is 28.8 Å². The van der Waals surface area contributed by atoms with Gasteiger partial charge in [-0.15, -0.1) is 11.8 Å². The molecule has 0 bridgehead atoms. The highest BCUT2D eigenvalue weighted by molar-refractivity contribution is 8.00. The molecule has 126 valence electrons. The third-order valence-corrected chi connectivity index (χ3v) is 3.97. The van der Waals surface area contributed by atoms with Crippen molar-refractivity contribution in [1.82, 2.24) is 0 Å². The van der Waals surface area contributed by atoms with Crippen LogP contribution in [0.2, 0.25) is 0 Å². The second-order valence-electron chi connectivity index (χ2n) is 5.09. The number of halogens is 1. The van der Waals surface area contributed by atoms with Crippen molar-refractivity contribution in [3.05, 3.63) is 53.8 Å². The molecule has 7 heteroatoms. The summed E-state index contributed by atoms with van der Waals surface area (Å²) in [6.45, 7) is 1.83. The van der Waals surface area contributed by atoms with Gasteiger partial charge in [0.2, 0.25) is 11.8 Å². The Balaban J connectivity index is 1.76. The maximum absolute atomic E-state index is 13.4. The zero-order chi connectivity index (χ0) is 17.5. The minimum Gasteiger partial charge on any atom is -0.506 e. The number of amides is 2. The predicted octanol–water partition coefficient (Wildman–Crippen LogP) is 3.15. The molecule has 2 aromatic carbocycles. The third kappa shape index (κ3) is 5.27. The number of benzene rings is 2. The van der Waals surface area contributed by atoms with Crippen LogP contribution in [0.1, 0.15) is 5.56 Å². The Hall–Kier alpha value is -2.54. The van der Waals surface area contributed by atoms with Gasteiger partial charge < -0.3 is 15.7 Å². The maximum atomic E-state index is 13.4. The monoisotopic (exact) mass is 348 g/mol. The molecule has 0 saturated heterocycles. The zero-order valence-corrected chi connectivity index (χ0v) is 13.8. The van der Waals surface area contributed by atoms with Crippen LogP contribution in [-0.2, 0) is 9.59 Å². The average Bonchev–Trinajstić information content (AvgIpc) is 2.52. The lowest BCUT2D eigenvalue weighted by Gasteiger charge is -2.08. The van der Waals surface area contributed by atoms with Crippen LogP contribution in [0.15, 0.2) is 42.5 Å². The van der Waals surface area contributed by atoms with Crippen molar-refractivity contribution in [2.24, 2.45) is 0 Å². The molecule has 24 heavy (non-hydrogen) atoms. The first-order valence-electron chi connectivity index (χ1n) is 7.17. The molecule has 0 aromatic heterocycles. The van der Waals surface area contributed by atoms with Gasteiger partial charge in [-0.3, -0.25) is 9.59 Å². The van der Waals surface area contributed by atoms with E-state index in [1.807, 2.05) is 6.92 Å². The van der Waals surface area contributed by atoms with Crippen LogP contribution in [0, 0.1) is 12.7 Å². The fraction of sp³-hybridized carbons (Fsp3) is 0.176. The first-order chi connectivity index (χ1) is 11.5. The third-order valence-electron chi connectivity index (χ3n) is 3.04. The molecule has 2 rings (SSSR count). The van der Waals surface area contributed by atoms with Gasteiger partial charge in [0.15, 0.2) is 0 Å². The van der Waals surface area contributed by atoms with Crippen LogP contribution in [0.25, 0.3) is 0 Å². The minimum atomic E-state index is -0.511. The second-order valence-corrected chi connectivity index (χ2v) is 6.08. The Labute approximate surface area is 143 Å². The largest absolute Gasteiger partial charge is 0.506 e. The molecule has 0 spiro atoms. The number of thioether (sulfide) groups is 1. The van der Waals surface area contributed by atoms with Crippen molar-refractivity contribution in [2.75, 3.05) is 22.1 Å². The molecule has 0 fully saturated rings. The van der Waals surface area contributed by atoms with Gasteiger partial charge in [-0.1, -0.05) is 18.2 Å². The number of aryl methyl sites for hydroxylation is 1. The van der Waals surface area contributed by atoms with E-state index in [1.54, 1.807) is 24.3 Å². The molecule has 0 atom stereocenters. The van der Waals surface area contributed by atoms with Crippen LogP contribution < -0.4 is 10.6 Å². The fourth-order valence-electron chi connectivity index (χ4n) is 1.92. The molecule has 0 aliphatic heterocycles. The number of para-hydroxylation sites is 1. The Morgan fingerprint density at radius 3 is 2.29 bits per heavy atom. The van der Waals surface area contributed by atoms with E-state index in [2.05, 4.69) is 10.6 Å². The Morgan fingerprint density at radius 2 is 1.67 bits per heavy atom. The predicted molar refractivity (Wildman–Crippen MR) is 93.8 cm³/mol. The summed E-state index contributed by atoms with van der Waals surface area (Å²) in [5, 5.41) is 14.7. The van der Waals surface area contributed by atoms with Gasteiger partial charge in [0.1, 0.15) is 11.6 Å². The highest BCUT2D eigenvalue weighted by Crippen LogP contribution is 2.24. The number of hydrogen-bond donors (Lipinski definition) is 3. The quantitative estimate of drug-likeness (QED) is 0.701. The molecular weight excluding hydrogens is 331 g/mol. The Morgan fingerprint density at radius 1 is 1.04 bits per heavy atom. The van der Waals surface area contributed by atoms with E-state index in [1.165, 1.54) is 18.2 Å². The Kier molecular flexibility index (Phi) is 6.20. The molecular formula is C17H17FN2O3S. The minimum absolute atomic E-state index is 0.00866.